The highest BCUT2D eigenvalue weighted by Gasteiger charge is 2.16. The molecule has 0 radical (unpaired) electrons. The van der Waals surface area contributed by atoms with Crippen molar-refractivity contribution >= 4 is 56.0 Å². The molecule has 2 N–H and O–H groups in total. The minimum absolute atomic E-state index is 0.0586. The summed E-state index contributed by atoms with van der Waals surface area (Å²) in [7, 11) is 0. The highest BCUT2D eigenvalue weighted by molar-refractivity contribution is 7.22. The quantitative estimate of drug-likeness (QED) is 0.186. The molecule has 4 aromatic rings. The monoisotopic (exact) mass is 476 g/mol. The van der Waals surface area contributed by atoms with E-state index in [-0.39, 0.29) is 17.5 Å². The number of carbonyl (C=O) groups excluding carboxylic acids is 2. The Bertz CT molecular complexity index is 1410. The van der Waals surface area contributed by atoms with Crippen molar-refractivity contribution in [1.29, 1.82) is 0 Å². The predicted molar refractivity (Wildman–Crippen MR) is 132 cm³/mol. The van der Waals surface area contributed by atoms with Crippen molar-refractivity contribution in [3.63, 3.8) is 0 Å². The van der Waals surface area contributed by atoms with Crippen LogP contribution in [-0.2, 0) is 9.59 Å². The van der Waals surface area contributed by atoms with E-state index in [1.165, 1.54) is 29.6 Å². The Balaban J connectivity index is 1.42. The summed E-state index contributed by atoms with van der Waals surface area (Å²) in [4.78, 5) is 39.3. The molecule has 2 aromatic heterocycles. The summed E-state index contributed by atoms with van der Waals surface area (Å²) in [5.74, 6) is 0.269. The molecule has 0 aliphatic heterocycles. The maximum absolute atomic E-state index is 12.4. The van der Waals surface area contributed by atoms with Crippen molar-refractivity contribution < 1.29 is 18.9 Å². The Morgan fingerprint density at radius 2 is 1.97 bits per heavy atom. The number of nitro groups is 1. The third kappa shape index (κ3) is 5.36. The number of nitrogens with one attached hydrogen (secondary N) is 2. The lowest BCUT2D eigenvalue weighted by Gasteiger charge is -2.01. The van der Waals surface area contributed by atoms with Gasteiger partial charge in [0, 0.05) is 24.3 Å². The van der Waals surface area contributed by atoms with E-state index < -0.39 is 4.92 Å². The lowest BCUT2D eigenvalue weighted by molar-refractivity contribution is -0.384. The molecule has 0 bridgehead atoms. The SMILES string of the molecule is CCCC(=O)Nc1nc2ccc(NC(=O)C=Cc3ccc(-c4ccccc4[N+](=O)[O-])o3)cc2s1. The fourth-order valence-corrected chi connectivity index (χ4v) is 4.16. The minimum atomic E-state index is -0.469. The first kappa shape index (κ1) is 22.9. The molecule has 2 aromatic carbocycles. The number of nitro benzene ring substituents is 1. The number of rotatable bonds is 8. The van der Waals surface area contributed by atoms with E-state index in [0.717, 1.165) is 16.6 Å². The van der Waals surface area contributed by atoms with E-state index in [1.54, 1.807) is 48.5 Å². The summed E-state index contributed by atoms with van der Waals surface area (Å²) in [6.45, 7) is 1.93. The summed E-state index contributed by atoms with van der Waals surface area (Å²) in [6.07, 6.45) is 3.99. The van der Waals surface area contributed by atoms with Gasteiger partial charge < -0.3 is 15.1 Å². The number of hydrogen-bond donors (Lipinski definition) is 2. The fourth-order valence-electron chi connectivity index (χ4n) is 3.23. The number of benzene rings is 2. The number of carbonyl (C=O) groups is 2. The van der Waals surface area contributed by atoms with Gasteiger partial charge in [-0.15, -0.1) is 0 Å². The lowest BCUT2D eigenvalue weighted by atomic mass is 10.1. The maximum atomic E-state index is 12.4. The zero-order valence-corrected chi connectivity index (χ0v) is 18.9. The highest BCUT2D eigenvalue weighted by atomic mass is 32.1. The summed E-state index contributed by atoms with van der Waals surface area (Å²) < 4.78 is 6.49. The average Bonchev–Trinajstić information content (AvgIpc) is 3.44. The molecular weight excluding hydrogens is 456 g/mol. The first-order valence-corrected chi connectivity index (χ1v) is 11.3. The van der Waals surface area contributed by atoms with Crippen LogP contribution in [-0.4, -0.2) is 21.7 Å². The number of nitrogens with zero attached hydrogens (tertiary/aromatic N) is 2. The Hall–Kier alpha value is -4.31. The average molecular weight is 477 g/mol. The topological polar surface area (TPSA) is 127 Å². The Morgan fingerprint density at radius 1 is 1.15 bits per heavy atom. The van der Waals surface area contributed by atoms with Crippen LogP contribution < -0.4 is 10.6 Å². The Morgan fingerprint density at radius 3 is 2.76 bits per heavy atom. The number of hydrogen-bond acceptors (Lipinski definition) is 7. The highest BCUT2D eigenvalue weighted by Crippen LogP contribution is 2.31. The third-order valence-electron chi connectivity index (χ3n) is 4.77. The minimum Gasteiger partial charge on any atom is -0.456 e. The molecule has 2 heterocycles. The van der Waals surface area contributed by atoms with Crippen LogP contribution >= 0.6 is 11.3 Å². The molecule has 10 heteroatoms. The Labute approximate surface area is 198 Å². The molecule has 0 saturated heterocycles. The maximum Gasteiger partial charge on any atom is 0.280 e. The first-order chi connectivity index (χ1) is 16.4. The van der Waals surface area contributed by atoms with Crippen LogP contribution in [0.3, 0.4) is 0 Å². The first-order valence-electron chi connectivity index (χ1n) is 10.5. The molecule has 0 atom stereocenters. The van der Waals surface area contributed by atoms with Crippen LogP contribution in [0, 0.1) is 10.1 Å². The number of aromatic nitrogens is 1. The molecule has 9 nitrogen and oxygen atoms in total. The fraction of sp³-hybridized carbons (Fsp3) is 0.125. The number of amides is 2. The second-order valence-corrected chi connectivity index (χ2v) is 8.33. The van der Waals surface area contributed by atoms with Crippen LogP contribution in [0.1, 0.15) is 25.5 Å². The van der Waals surface area contributed by atoms with E-state index in [0.29, 0.717) is 34.3 Å². The van der Waals surface area contributed by atoms with Gasteiger partial charge in [-0.1, -0.05) is 30.4 Å². The molecule has 34 heavy (non-hydrogen) atoms. The van der Waals surface area contributed by atoms with E-state index in [1.807, 2.05) is 6.92 Å². The molecule has 0 unspecified atom stereocenters. The van der Waals surface area contributed by atoms with Gasteiger partial charge in [-0.05, 0) is 48.9 Å². The van der Waals surface area contributed by atoms with Crippen molar-refractivity contribution in [2.45, 2.75) is 19.8 Å². The van der Waals surface area contributed by atoms with Gasteiger partial charge in [0.05, 0.1) is 20.7 Å². The number of fused-ring (bicyclic) bond motifs is 1. The van der Waals surface area contributed by atoms with E-state index >= 15 is 0 Å². The van der Waals surface area contributed by atoms with Crippen LogP contribution in [0.25, 0.3) is 27.6 Å². The predicted octanol–water partition coefficient (Wildman–Crippen LogP) is 5.86. The number of furan rings is 1. The van der Waals surface area contributed by atoms with Crippen molar-refractivity contribution in [1.82, 2.24) is 4.98 Å². The molecule has 0 fully saturated rings. The second-order valence-electron chi connectivity index (χ2n) is 7.30. The lowest BCUT2D eigenvalue weighted by Crippen LogP contribution is -2.09. The summed E-state index contributed by atoms with van der Waals surface area (Å²) in [5.41, 5.74) is 1.61. The summed E-state index contributed by atoms with van der Waals surface area (Å²) in [5, 5.41) is 17.3. The van der Waals surface area contributed by atoms with Crippen LogP contribution in [0.15, 0.2) is 65.1 Å². The Kier molecular flexibility index (Phi) is 6.79. The third-order valence-corrected chi connectivity index (χ3v) is 5.70. The molecule has 4 rings (SSSR count). The normalized spacial score (nSPS) is 11.1. The van der Waals surface area contributed by atoms with Crippen molar-refractivity contribution in [2.75, 3.05) is 10.6 Å². The van der Waals surface area contributed by atoms with Gasteiger partial charge in [0.15, 0.2) is 5.13 Å². The summed E-state index contributed by atoms with van der Waals surface area (Å²) >= 11 is 1.33. The van der Waals surface area contributed by atoms with Crippen molar-refractivity contribution in [3.8, 4) is 11.3 Å². The van der Waals surface area contributed by atoms with Gasteiger partial charge in [-0.2, -0.15) is 0 Å². The zero-order chi connectivity index (χ0) is 24.1. The summed E-state index contributed by atoms with van der Waals surface area (Å²) in [6, 6.07) is 14.8. The van der Waals surface area contributed by atoms with Crippen LogP contribution in [0.4, 0.5) is 16.5 Å². The molecule has 2 amide bonds. The number of thiazole rings is 1. The molecule has 0 saturated carbocycles. The van der Waals surface area contributed by atoms with Gasteiger partial charge in [0.2, 0.25) is 11.8 Å². The van der Waals surface area contributed by atoms with E-state index in [9.17, 15) is 19.7 Å². The molecule has 172 valence electrons. The van der Waals surface area contributed by atoms with Gasteiger partial charge in [-0.3, -0.25) is 19.7 Å². The number of anilines is 2. The van der Waals surface area contributed by atoms with Crippen molar-refractivity contribution in [3.05, 3.63) is 76.5 Å². The number of para-hydroxylation sites is 1. The van der Waals surface area contributed by atoms with Gasteiger partial charge in [0.25, 0.3) is 5.69 Å². The van der Waals surface area contributed by atoms with Gasteiger partial charge >= 0.3 is 0 Å². The zero-order valence-electron chi connectivity index (χ0n) is 18.1. The van der Waals surface area contributed by atoms with E-state index in [2.05, 4.69) is 15.6 Å². The molecule has 0 aliphatic carbocycles. The van der Waals surface area contributed by atoms with E-state index in [4.69, 9.17) is 4.42 Å². The van der Waals surface area contributed by atoms with Gasteiger partial charge in [0.1, 0.15) is 11.5 Å². The smallest absolute Gasteiger partial charge is 0.280 e. The van der Waals surface area contributed by atoms with Crippen molar-refractivity contribution in [2.24, 2.45) is 0 Å². The second kappa shape index (κ2) is 10.1. The molecule has 0 spiro atoms. The molecular formula is C24H20N4O5S. The molecule has 0 aliphatic rings. The van der Waals surface area contributed by atoms with Crippen LogP contribution in [0.2, 0.25) is 0 Å². The van der Waals surface area contributed by atoms with Crippen LogP contribution in [0.5, 0.6) is 0 Å². The largest absolute Gasteiger partial charge is 0.456 e. The van der Waals surface area contributed by atoms with Gasteiger partial charge in [-0.25, -0.2) is 4.98 Å². The standard InChI is InChI=1S/C24H20N4O5S/c1-2-5-22(29)27-24-26-18-11-8-15(14-21(18)34-24)25-23(30)13-10-16-9-12-20(33-16)17-6-3-4-7-19(17)28(31)32/h3-4,6-14H,2,5H2,1H3,(H,25,30)(H,26,27,29).